The molecule has 1 aromatic rings. The maximum Gasteiger partial charge on any atom is 0.168 e. The molecule has 0 unspecified atom stereocenters. The molecule has 4 nitrogen and oxygen atoms in total. The van der Waals surface area contributed by atoms with Crippen LogP contribution >= 0.6 is 0 Å². The average molecular weight is 262 g/mol. The number of aldehydes is 1. The van der Waals surface area contributed by atoms with Crippen LogP contribution in [0.5, 0.6) is 0 Å². The second-order valence-electron chi connectivity index (χ2n) is 6.01. The van der Waals surface area contributed by atoms with Crippen LogP contribution in [0.4, 0.5) is 0 Å². The molecule has 1 aliphatic carbocycles. The average Bonchev–Trinajstić information content (AvgIpc) is 2.42. The summed E-state index contributed by atoms with van der Waals surface area (Å²) in [5.74, 6) is 0.662. The van der Waals surface area contributed by atoms with E-state index in [9.17, 15) is 4.79 Å². The van der Waals surface area contributed by atoms with E-state index >= 15 is 0 Å². The Kier molecular flexibility index (Phi) is 3.99. The van der Waals surface area contributed by atoms with Gasteiger partial charge in [0, 0.05) is 12.8 Å². The van der Waals surface area contributed by atoms with Crippen molar-refractivity contribution >= 4 is 6.29 Å². The predicted octanol–water partition coefficient (Wildman–Crippen LogP) is 3.12. The standard InChI is InChI=1S/C15H22N2O2/c1-4-19-15(8-6-14(2,3)7-9-15)13-16-10-5-12(11-18)17-13/h5,10-11H,4,6-9H2,1-3H3. The molecule has 2 rings (SSSR count). The molecular formula is C15H22N2O2. The normalized spacial score (nSPS) is 21.0. The van der Waals surface area contributed by atoms with E-state index in [0.717, 1.165) is 32.0 Å². The molecule has 0 saturated heterocycles. The zero-order chi connectivity index (χ0) is 13.9. The van der Waals surface area contributed by atoms with E-state index in [0.29, 0.717) is 23.5 Å². The lowest BCUT2D eigenvalue weighted by molar-refractivity contribution is -0.0948. The Morgan fingerprint density at radius 1 is 1.32 bits per heavy atom. The van der Waals surface area contributed by atoms with Gasteiger partial charge in [0.1, 0.15) is 11.3 Å². The first kappa shape index (κ1) is 14.1. The van der Waals surface area contributed by atoms with Crippen molar-refractivity contribution in [3.05, 3.63) is 23.8 Å². The molecule has 0 atom stereocenters. The van der Waals surface area contributed by atoms with Crippen LogP contribution in [0.15, 0.2) is 12.3 Å². The van der Waals surface area contributed by atoms with E-state index in [-0.39, 0.29) is 0 Å². The van der Waals surface area contributed by atoms with Crippen LogP contribution in [0.2, 0.25) is 0 Å². The summed E-state index contributed by atoms with van der Waals surface area (Å²) in [6, 6.07) is 1.63. The predicted molar refractivity (Wildman–Crippen MR) is 73.0 cm³/mol. The first-order valence-corrected chi connectivity index (χ1v) is 6.94. The van der Waals surface area contributed by atoms with Gasteiger partial charge in [-0.15, -0.1) is 0 Å². The fraction of sp³-hybridized carbons (Fsp3) is 0.667. The summed E-state index contributed by atoms with van der Waals surface area (Å²) < 4.78 is 6.01. The van der Waals surface area contributed by atoms with Crippen LogP contribution in [-0.2, 0) is 10.3 Å². The summed E-state index contributed by atoms with van der Waals surface area (Å²) in [5.41, 5.74) is 0.362. The van der Waals surface area contributed by atoms with E-state index in [1.165, 1.54) is 0 Å². The van der Waals surface area contributed by atoms with Gasteiger partial charge in [-0.25, -0.2) is 9.97 Å². The molecule has 1 fully saturated rings. The van der Waals surface area contributed by atoms with Crippen LogP contribution in [0, 0.1) is 5.41 Å². The highest BCUT2D eigenvalue weighted by atomic mass is 16.5. The van der Waals surface area contributed by atoms with Gasteiger partial charge >= 0.3 is 0 Å². The zero-order valence-corrected chi connectivity index (χ0v) is 12.0. The molecule has 104 valence electrons. The Morgan fingerprint density at radius 3 is 2.58 bits per heavy atom. The second-order valence-corrected chi connectivity index (χ2v) is 6.01. The Hall–Kier alpha value is -1.29. The highest BCUT2D eigenvalue weighted by Gasteiger charge is 2.42. The van der Waals surface area contributed by atoms with Gasteiger partial charge in [-0.1, -0.05) is 13.8 Å². The minimum atomic E-state index is -0.413. The van der Waals surface area contributed by atoms with Gasteiger partial charge in [0.05, 0.1) is 0 Å². The van der Waals surface area contributed by atoms with Crippen molar-refractivity contribution in [1.29, 1.82) is 0 Å². The van der Waals surface area contributed by atoms with Crippen molar-refractivity contribution in [2.45, 2.75) is 52.1 Å². The first-order valence-electron chi connectivity index (χ1n) is 6.94. The van der Waals surface area contributed by atoms with Crippen LogP contribution < -0.4 is 0 Å². The molecule has 0 bridgehead atoms. The summed E-state index contributed by atoms with van der Waals surface area (Å²) in [6.45, 7) is 7.19. The minimum absolute atomic E-state index is 0.350. The van der Waals surface area contributed by atoms with E-state index in [1.54, 1.807) is 12.3 Å². The highest BCUT2D eigenvalue weighted by Crippen LogP contribution is 2.46. The van der Waals surface area contributed by atoms with Crippen LogP contribution in [-0.4, -0.2) is 22.9 Å². The van der Waals surface area contributed by atoms with Crippen LogP contribution in [0.25, 0.3) is 0 Å². The van der Waals surface area contributed by atoms with Crippen molar-refractivity contribution in [2.24, 2.45) is 5.41 Å². The molecule has 0 amide bonds. The fourth-order valence-corrected chi connectivity index (χ4v) is 2.70. The van der Waals surface area contributed by atoms with Gasteiger partial charge < -0.3 is 4.74 Å². The summed E-state index contributed by atoms with van der Waals surface area (Å²) in [7, 11) is 0. The molecule has 0 N–H and O–H groups in total. The maximum atomic E-state index is 10.9. The molecule has 0 aromatic carbocycles. The number of hydrogen-bond donors (Lipinski definition) is 0. The van der Waals surface area contributed by atoms with Gasteiger partial charge in [0.15, 0.2) is 12.1 Å². The number of hydrogen-bond acceptors (Lipinski definition) is 4. The third-order valence-electron chi connectivity index (χ3n) is 4.04. The number of aromatic nitrogens is 2. The Morgan fingerprint density at radius 2 is 2.00 bits per heavy atom. The lowest BCUT2D eigenvalue weighted by Gasteiger charge is -2.42. The van der Waals surface area contributed by atoms with Gasteiger partial charge in [-0.2, -0.15) is 0 Å². The van der Waals surface area contributed by atoms with Crippen molar-refractivity contribution in [2.75, 3.05) is 6.61 Å². The van der Waals surface area contributed by atoms with Crippen molar-refractivity contribution in [1.82, 2.24) is 9.97 Å². The summed E-state index contributed by atoms with van der Waals surface area (Å²) >= 11 is 0. The lowest BCUT2D eigenvalue weighted by atomic mass is 9.70. The third-order valence-corrected chi connectivity index (χ3v) is 4.04. The summed E-state index contributed by atoms with van der Waals surface area (Å²) in [6.07, 6.45) is 6.40. The molecule has 4 heteroatoms. The molecular weight excluding hydrogens is 240 g/mol. The van der Waals surface area contributed by atoms with Crippen molar-refractivity contribution in [3.8, 4) is 0 Å². The number of carbonyl (C=O) groups is 1. The first-order chi connectivity index (χ1) is 9.01. The SMILES string of the molecule is CCOC1(c2nccc(C=O)n2)CCC(C)(C)CC1. The molecule has 19 heavy (non-hydrogen) atoms. The Labute approximate surface area is 114 Å². The maximum absolute atomic E-state index is 10.9. The van der Waals surface area contributed by atoms with E-state index in [1.807, 2.05) is 6.92 Å². The zero-order valence-electron chi connectivity index (χ0n) is 12.0. The highest BCUT2D eigenvalue weighted by molar-refractivity contribution is 5.71. The smallest absolute Gasteiger partial charge is 0.168 e. The molecule has 1 aromatic heterocycles. The molecule has 1 heterocycles. The summed E-state index contributed by atoms with van der Waals surface area (Å²) in [4.78, 5) is 19.6. The number of carbonyl (C=O) groups excluding carboxylic acids is 1. The van der Waals surface area contributed by atoms with E-state index in [2.05, 4.69) is 23.8 Å². The van der Waals surface area contributed by atoms with Crippen LogP contribution in [0.1, 0.15) is 62.8 Å². The van der Waals surface area contributed by atoms with Gasteiger partial charge in [-0.05, 0) is 44.1 Å². The van der Waals surface area contributed by atoms with Gasteiger partial charge in [0.25, 0.3) is 0 Å². The third kappa shape index (κ3) is 3.00. The molecule has 0 aliphatic heterocycles. The van der Waals surface area contributed by atoms with E-state index in [4.69, 9.17) is 4.74 Å². The largest absolute Gasteiger partial charge is 0.367 e. The van der Waals surface area contributed by atoms with Crippen molar-refractivity contribution < 1.29 is 9.53 Å². The number of rotatable bonds is 4. The molecule has 1 saturated carbocycles. The number of ether oxygens (including phenoxy) is 1. The van der Waals surface area contributed by atoms with Gasteiger partial charge in [0.2, 0.25) is 0 Å². The number of nitrogens with zero attached hydrogens (tertiary/aromatic N) is 2. The summed E-state index contributed by atoms with van der Waals surface area (Å²) in [5, 5.41) is 0. The monoisotopic (exact) mass is 262 g/mol. The lowest BCUT2D eigenvalue weighted by Crippen LogP contribution is -2.39. The molecule has 0 radical (unpaired) electrons. The topological polar surface area (TPSA) is 52.1 Å². The quantitative estimate of drug-likeness (QED) is 0.782. The Bertz CT molecular complexity index is 447. The van der Waals surface area contributed by atoms with Crippen molar-refractivity contribution in [3.63, 3.8) is 0 Å². The molecule has 1 aliphatic rings. The van der Waals surface area contributed by atoms with Crippen LogP contribution in [0.3, 0.4) is 0 Å². The minimum Gasteiger partial charge on any atom is -0.367 e. The molecule has 0 spiro atoms. The Balaban J connectivity index is 2.31. The van der Waals surface area contributed by atoms with Gasteiger partial charge in [-0.3, -0.25) is 4.79 Å². The second kappa shape index (κ2) is 5.37. The van der Waals surface area contributed by atoms with E-state index < -0.39 is 5.60 Å². The fourth-order valence-electron chi connectivity index (χ4n) is 2.70.